The highest BCUT2D eigenvalue weighted by Crippen LogP contribution is 2.12. The maximum absolute atomic E-state index is 13.4. The van der Waals surface area contributed by atoms with Crippen LogP contribution in [-0.4, -0.2) is 70.9 Å². The highest BCUT2D eigenvalue weighted by Gasteiger charge is 2.34. The minimum atomic E-state index is -1.40. The number of alkyl carbamates (subject to hydrolysis) is 1. The maximum Gasteiger partial charge on any atom is 0.408 e. The quantitative estimate of drug-likeness (QED) is 0.110. The minimum absolute atomic E-state index is 0.0981. The average Bonchev–Trinajstić information content (AvgIpc) is 2.96. The highest BCUT2D eigenvalue weighted by molar-refractivity contribution is 5.95. The molecule has 5 atom stereocenters. The first-order chi connectivity index (χ1) is 20.7. The van der Waals surface area contributed by atoms with Crippen molar-refractivity contribution in [2.75, 3.05) is 0 Å². The van der Waals surface area contributed by atoms with Gasteiger partial charge in [0.2, 0.25) is 29.5 Å². The Morgan fingerprint density at radius 1 is 0.750 bits per heavy atom. The smallest absolute Gasteiger partial charge is 0.408 e. The van der Waals surface area contributed by atoms with Crippen molar-refractivity contribution in [1.82, 2.24) is 21.3 Å². The van der Waals surface area contributed by atoms with Crippen LogP contribution in [0.25, 0.3) is 0 Å². The number of nitrogens with one attached hydrogen (secondary N) is 4. The summed E-state index contributed by atoms with van der Waals surface area (Å²) >= 11 is 0. The zero-order chi connectivity index (χ0) is 33.4. The molecule has 1 aromatic rings. The molecular weight excluding hydrogens is 576 g/mol. The monoisotopic (exact) mass is 620 g/mol. The summed E-state index contributed by atoms with van der Waals surface area (Å²) in [6.07, 6.45) is -1.62. The lowest BCUT2D eigenvalue weighted by Crippen LogP contribution is -2.59. The first kappa shape index (κ1) is 37.3. The van der Waals surface area contributed by atoms with Gasteiger partial charge in [-0.2, -0.15) is 0 Å². The van der Waals surface area contributed by atoms with Crippen molar-refractivity contribution in [3.8, 4) is 0 Å². The predicted octanol–water partition coefficient (Wildman–Crippen LogP) is 0.0535. The number of rotatable bonds is 19. The fraction of sp³-hybridized carbons (Fsp3) is 0.552. The summed E-state index contributed by atoms with van der Waals surface area (Å²) < 4.78 is 5.16. The zero-order valence-electron chi connectivity index (χ0n) is 25.5. The van der Waals surface area contributed by atoms with E-state index in [0.717, 1.165) is 0 Å². The van der Waals surface area contributed by atoms with Crippen LogP contribution in [0.4, 0.5) is 4.79 Å². The lowest BCUT2D eigenvalue weighted by molar-refractivity contribution is -0.144. The Balaban J connectivity index is 3.13. The van der Waals surface area contributed by atoms with Crippen molar-refractivity contribution in [1.29, 1.82) is 0 Å². The summed E-state index contributed by atoms with van der Waals surface area (Å²) in [7, 11) is 0. The van der Waals surface area contributed by atoms with Crippen LogP contribution < -0.4 is 32.7 Å². The highest BCUT2D eigenvalue weighted by atomic mass is 16.5. The van der Waals surface area contributed by atoms with Crippen LogP contribution in [0.15, 0.2) is 30.3 Å². The molecule has 15 heteroatoms. The Morgan fingerprint density at radius 3 is 1.73 bits per heavy atom. The standard InChI is InChI=1S/C29H44N6O9/c1-5-17(4)24(27(40)34-23(16(2)3)28(41)42)35-26(39)19(11-13-21(30)36)32-25(38)20(12-14-22(31)37)33-29(43)44-15-18-9-7-6-8-10-18/h6-10,16-17,19-20,23-24H,5,11-15H2,1-4H3,(H2,30,36)(H2,31,37)(H,32,38)(H,33,43)(H,34,40)(H,35,39)(H,41,42)/t17?,19-,20-,23-,24-/m0/s1. The van der Waals surface area contributed by atoms with Gasteiger partial charge in [0.15, 0.2) is 0 Å². The second kappa shape index (κ2) is 18.8. The number of primary amides is 2. The number of carboxylic acid groups (broad SMARTS) is 1. The van der Waals surface area contributed by atoms with E-state index in [1.807, 2.05) is 0 Å². The molecule has 244 valence electrons. The van der Waals surface area contributed by atoms with Crippen LogP contribution in [0.5, 0.6) is 0 Å². The number of benzene rings is 1. The molecule has 0 aliphatic heterocycles. The Morgan fingerprint density at radius 2 is 1.25 bits per heavy atom. The topological polar surface area (TPSA) is 249 Å². The number of hydrogen-bond acceptors (Lipinski definition) is 8. The fourth-order valence-electron chi connectivity index (χ4n) is 4.00. The first-order valence-corrected chi connectivity index (χ1v) is 14.3. The van der Waals surface area contributed by atoms with Crippen LogP contribution >= 0.6 is 0 Å². The molecule has 1 aromatic carbocycles. The Bertz CT molecular complexity index is 1160. The van der Waals surface area contributed by atoms with E-state index >= 15 is 0 Å². The van der Waals surface area contributed by atoms with Crippen LogP contribution in [-0.2, 0) is 40.1 Å². The van der Waals surface area contributed by atoms with Gasteiger partial charge < -0.3 is 42.6 Å². The van der Waals surface area contributed by atoms with E-state index in [9.17, 15) is 38.7 Å². The number of hydrogen-bond donors (Lipinski definition) is 7. The van der Waals surface area contributed by atoms with Gasteiger partial charge in [0.1, 0.15) is 30.8 Å². The van der Waals surface area contributed by atoms with Gasteiger partial charge in [0.25, 0.3) is 0 Å². The molecule has 1 rings (SSSR count). The molecule has 0 radical (unpaired) electrons. The number of amides is 6. The Kier molecular flexibility index (Phi) is 15.9. The molecule has 0 aliphatic rings. The number of carboxylic acids is 1. The van der Waals surface area contributed by atoms with E-state index in [-0.39, 0.29) is 32.3 Å². The van der Waals surface area contributed by atoms with Gasteiger partial charge in [-0.1, -0.05) is 64.4 Å². The second-order valence-electron chi connectivity index (χ2n) is 10.8. The third-order valence-electron chi connectivity index (χ3n) is 6.84. The fourth-order valence-corrected chi connectivity index (χ4v) is 4.00. The number of nitrogens with two attached hydrogens (primary N) is 2. The molecule has 0 saturated heterocycles. The molecule has 6 amide bonds. The molecule has 0 fully saturated rings. The van der Waals surface area contributed by atoms with Crippen molar-refractivity contribution in [2.24, 2.45) is 23.3 Å². The van der Waals surface area contributed by atoms with Gasteiger partial charge in [-0.15, -0.1) is 0 Å². The van der Waals surface area contributed by atoms with E-state index in [0.29, 0.717) is 12.0 Å². The molecule has 44 heavy (non-hydrogen) atoms. The lowest BCUT2D eigenvalue weighted by Gasteiger charge is -2.29. The molecule has 15 nitrogen and oxygen atoms in total. The average molecular weight is 621 g/mol. The number of carbonyl (C=O) groups is 7. The zero-order valence-corrected chi connectivity index (χ0v) is 25.5. The van der Waals surface area contributed by atoms with E-state index in [4.69, 9.17) is 16.2 Å². The molecule has 0 aromatic heterocycles. The van der Waals surface area contributed by atoms with E-state index in [2.05, 4.69) is 21.3 Å². The minimum Gasteiger partial charge on any atom is -0.480 e. The number of ether oxygens (including phenoxy) is 1. The summed E-state index contributed by atoms with van der Waals surface area (Å²) in [5.41, 5.74) is 11.2. The molecular formula is C29H44N6O9. The predicted molar refractivity (Wildman–Crippen MR) is 158 cm³/mol. The lowest BCUT2D eigenvalue weighted by atomic mass is 9.96. The molecule has 0 bridgehead atoms. The van der Waals surface area contributed by atoms with Crippen LogP contribution in [0.1, 0.15) is 65.4 Å². The largest absolute Gasteiger partial charge is 0.480 e. The molecule has 0 aliphatic carbocycles. The summed E-state index contributed by atoms with van der Waals surface area (Å²) in [5, 5.41) is 19.3. The van der Waals surface area contributed by atoms with Gasteiger partial charge in [0.05, 0.1) is 0 Å². The van der Waals surface area contributed by atoms with Crippen molar-refractivity contribution < 1.29 is 43.4 Å². The van der Waals surface area contributed by atoms with E-state index in [1.54, 1.807) is 58.0 Å². The summed E-state index contributed by atoms with van der Waals surface area (Å²) in [6, 6.07) is 3.59. The van der Waals surface area contributed by atoms with Crippen LogP contribution in [0.3, 0.4) is 0 Å². The normalized spacial score (nSPS) is 14.2. The van der Waals surface area contributed by atoms with E-state index < -0.39 is 77.6 Å². The van der Waals surface area contributed by atoms with Gasteiger partial charge >= 0.3 is 12.1 Å². The first-order valence-electron chi connectivity index (χ1n) is 14.3. The molecule has 0 saturated carbocycles. The van der Waals surface area contributed by atoms with Gasteiger partial charge in [-0.3, -0.25) is 24.0 Å². The Labute approximate surface area is 256 Å². The molecule has 9 N–H and O–H groups in total. The molecule has 1 unspecified atom stereocenters. The van der Waals surface area contributed by atoms with Gasteiger partial charge in [-0.05, 0) is 30.2 Å². The van der Waals surface area contributed by atoms with Crippen LogP contribution in [0, 0.1) is 11.8 Å². The third kappa shape index (κ3) is 13.5. The SMILES string of the molecule is CCC(C)[C@H](NC(=O)[C@H](CCC(N)=O)NC(=O)[C@H](CCC(N)=O)NC(=O)OCc1ccccc1)C(=O)N[C@H](C(=O)O)C(C)C. The van der Waals surface area contributed by atoms with Crippen LogP contribution in [0.2, 0.25) is 0 Å². The van der Waals surface area contributed by atoms with Gasteiger partial charge in [0, 0.05) is 12.8 Å². The maximum atomic E-state index is 13.4. The second-order valence-corrected chi connectivity index (χ2v) is 10.8. The summed E-state index contributed by atoms with van der Waals surface area (Å²) in [4.78, 5) is 86.8. The molecule has 0 spiro atoms. The summed E-state index contributed by atoms with van der Waals surface area (Å²) in [5.74, 6) is -6.12. The summed E-state index contributed by atoms with van der Waals surface area (Å²) in [6.45, 7) is 6.58. The third-order valence-corrected chi connectivity index (χ3v) is 6.84. The number of carbonyl (C=O) groups excluding carboxylic acids is 6. The van der Waals surface area contributed by atoms with Gasteiger partial charge in [-0.25, -0.2) is 9.59 Å². The van der Waals surface area contributed by atoms with Crippen molar-refractivity contribution in [3.63, 3.8) is 0 Å². The Hall–Kier alpha value is -4.69. The van der Waals surface area contributed by atoms with E-state index in [1.165, 1.54) is 0 Å². The van der Waals surface area contributed by atoms with Crippen molar-refractivity contribution in [3.05, 3.63) is 35.9 Å². The van der Waals surface area contributed by atoms with Crippen molar-refractivity contribution in [2.45, 2.75) is 90.6 Å². The number of aliphatic carboxylic acids is 1. The van der Waals surface area contributed by atoms with Crippen molar-refractivity contribution >= 4 is 41.6 Å². The molecule has 0 heterocycles.